The molecule has 1 aromatic heterocycles. The minimum Gasteiger partial charge on any atom is -0.343 e. The minimum atomic E-state index is -2.98. The average molecular weight is 527 g/mol. The molecule has 0 unspecified atom stereocenters. The minimum absolute atomic E-state index is 0.0160. The van der Waals surface area contributed by atoms with Gasteiger partial charge < -0.3 is 15.2 Å². The van der Waals surface area contributed by atoms with Crippen molar-refractivity contribution in [3.8, 4) is 12.3 Å². The summed E-state index contributed by atoms with van der Waals surface area (Å²) in [5.74, 6) is -3.38. The summed E-state index contributed by atoms with van der Waals surface area (Å²) in [6.45, 7) is 3.11. The second-order valence-electron chi connectivity index (χ2n) is 7.80. The van der Waals surface area contributed by atoms with Gasteiger partial charge in [-0.3, -0.25) is 14.4 Å². The van der Waals surface area contributed by atoms with Gasteiger partial charge >= 0.3 is 0 Å². The highest BCUT2D eigenvalue weighted by Crippen LogP contribution is 2.45. The van der Waals surface area contributed by atoms with Gasteiger partial charge in [-0.1, -0.05) is 17.5 Å². The van der Waals surface area contributed by atoms with Gasteiger partial charge in [-0.2, -0.15) is 0 Å². The van der Waals surface area contributed by atoms with Crippen molar-refractivity contribution in [1.29, 1.82) is 0 Å². The van der Waals surface area contributed by atoms with E-state index in [-0.39, 0.29) is 16.8 Å². The molecule has 0 atom stereocenters. The lowest BCUT2D eigenvalue weighted by atomic mass is 9.74. The number of nitrogens with one attached hydrogen (secondary N) is 2. The third kappa shape index (κ3) is 4.30. The first-order chi connectivity index (χ1) is 14.8. The molecule has 0 saturated heterocycles. The molecule has 10 heteroatoms. The van der Waals surface area contributed by atoms with Crippen LogP contribution in [0, 0.1) is 26.2 Å². The fourth-order valence-electron chi connectivity index (χ4n) is 3.84. The van der Waals surface area contributed by atoms with Crippen LogP contribution in [0.25, 0.3) is 0 Å². The second-order valence-corrected chi connectivity index (χ2v) is 9.06. The van der Waals surface area contributed by atoms with E-state index in [1.165, 1.54) is 11.5 Å². The number of Topliss-reactive ketones (excluding diaryl/α,β-unsaturated/α-hetero) is 1. The van der Waals surface area contributed by atoms with Crippen LogP contribution in [0.4, 0.5) is 14.5 Å². The average Bonchev–Trinajstić information content (AvgIpc) is 2.91. The number of rotatable bonds is 5. The number of ketones is 1. The Balaban J connectivity index is 1.86. The Morgan fingerprint density at radius 3 is 2.41 bits per heavy atom. The molecule has 2 N–H and O–H groups in total. The number of alkyl halides is 2. The predicted octanol–water partition coefficient (Wildman–Crippen LogP) is 4.41. The number of terminal acetylenes is 1. The SMILES string of the molecule is C#CC1(NC(=O)C(=O)c2c(C)c(C(=O)Nc3ccc(Br)c(Cl)c3)n(C)c2C)CC(F)(F)C1. The Hall–Kier alpha value is -2.70. The lowest BCUT2D eigenvalue weighted by Gasteiger charge is -2.43. The van der Waals surface area contributed by atoms with E-state index in [0.717, 1.165) is 0 Å². The number of nitrogens with zero attached hydrogens (tertiary/aromatic N) is 1. The molecule has 1 saturated carbocycles. The van der Waals surface area contributed by atoms with Crippen molar-refractivity contribution in [3.63, 3.8) is 0 Å². The molecule has 1 heterocycles. The summed E-state index contributed by atoms with van der Waals surface area (Å²) in [6, 6.07) is 4.87. The third-order valence-electron chi connectivity index (χ3n) is 5.51. The van der Waals surface area contributed by atoms with Gasteiger partial charge in [-0.15, -0.1) is 6.42 Å². The molecule has 168 valence electrons. The van der Waals surface area contributed by atoms with E-state index in [9.17, 15) is 23.2 Å². The molecule has 1 fully saturated rings. The van der Waals surface area contributed by atoms with Crippen molar-refractivity contribution in [2.45, 2.75) is 38.2 Å². The maximum atomic E-state index is 13.3. The molecular weight excluding hydrogens is 508 g/mol. The van der Waals surface area contributed by atoms with E-state index in [0.29, 0.717) is 20.9 Å². The van der Waals surface area contributed by atoms with Crippen LogP contribution >= 0.6 is 27.5 Å². The first kappa shape index (κ1) is 24.0. The monoisotopic (exact) mass is 525 g/mol. The number of hydrogen-bond acceptors (Lipinski definition) is 3. The van der Waals surface area contributed by atoms with E-state index >= 15 is 0 Å². The zero-order chi connectivity index (χ0) is 24.0. The smallest absolute Gasteiger partial charge is 0.293 e. The predicted molar refractivity (Wildman–Crippen MR) is 120 cm³/mol. The molecule has 2 aromatic rings. The van der Waals surface area contributed by atoms with Gasteiger partial charge in [-0.25, -0.2) is 8.78 Å². The van der Waals surface area contributed by atoms with Crippen LogP contribution in [0.3, 0.4) is 0 Å². The standard InChI is InChI=1S/C22H19BrClF2N3O3/c1-5-21(9-22(25,26)10-21)28-20(32)18(30)16-11(2)17(29(4)12(16)3)19(31)27-13-6-7-14(23)15(24)8-13/h1,6-8H,9-10H2,2-4H3,(H,27,31)(H,28,32). The summed E-state index contributed by atoms with van der Waals surface area (Å²) in [5, 5.41) is 5.37. The first-order valence-corrected chi connectivity index (χ1v) is 10.6. The Morgan fingerprint density at radius 1 is 1.25 bits per heavy atom. The van der Waals surface area contributed by atoms with Crippen LogP contribution in [-0.2, 0) is 11.8 Å². The van der Waals surface area contributed by atoms with E-state index in [1.54, 1.807) is 32.2 Å². The lowest BCUT2D eigenvalue weighted by molar-refractivity contribution is -0.133. The summed E-state index contributed by atoms with van der Waals surface area (Å²) in [7, 11) is 1.58. The number of hydrogen-bond donors (Lipinski definition) is 2. The van der Waals surface area contributed by atoms with Gasteiger partial charge in [0.25, 0.3) is 23.5 Å². The number of benzene rings is 1. The Bertz CT molecular complexity index is 1190. The van der Waals surface area contributed by atoms with Crippen LogP contribution in [0.2, 0.25) is 5.02 Å². The quantitative estimate of drug-likeness (QED) is 0.344. The second kappa shape index (κ2) is 8.34. The lowest BCUT2D eigenvalue weighted by Crippen LogP contribution is -2.62. The molecule has 2 amide bonds. The summed E-state index contributed by atoms with van der Waals surface area (Å²) in [5.41, 5.74) is -0.293. The van der Waals surface area contributed by atoms with E-state index in [2.05, 4.69) is 32.5 Å². The van der Waals surface area contributed by atoms with E-state index < -0.39 is 41.9 Å². The van der Waals surface area contributed by atoms with Gasteiger partial charge in [0, 0.05) is 35.7 Å². The Morgan fingerprint density at radius 2 is 1.88 bits per heavy atom. The molecule has 0 spiro atoms. The van der Waals surface area contributed by atoms with Gasteiger partial charge in [0.15, 0.2) is 0 Å². The van der Waals surface area contributed by atoms with Crippen molar-refractivity contribution in [2.75, 3.05) is 5.32 Å². The summed E-state index contributed by atoms with van der Waals surface area (Å²) in [6.07, 6.45) is 3.86. The van der Waals surface area contributed by atoms with Crippen molar-refractivity contribution in [1.82, 2.24) is 9.88 Å². The molecule has 1 aliphatic rings. The fraction of sp³-hybridized carbons (Fsp3) is 0.318. The van der Waals surface area contributed by atoms with E-state index in [4.69, 9.17) is 18.0 Å². The normalized spacial score (nSPS) is 15.9. The molecule has 1 aromatic carbocycles. The Kier molecular flexibility index (Phi) is 6.24. The highest BCUT2D eigenvalue weighted by atomic mass is 79.9. The van der Waals surface area contributed by atoms with E-state index in [1.807, 2.05) is 0 Å². The maximum absolute atomic E-state index is 13.3. The number of halogens is 4. The molecule has 0 aliphatic heterocycles. The van der Waals surface area contributed by atoms with Crippen molar-refractivity contribution in [2.24, 2.45) is 7.05 Å². The molecule has 3 rings (SSSR count). The molecule has 6 nitrogen and oxygen atoms in total. The molecular formula is C22H19BrClF2N3O3. The first-order valence-electron chi connectivity index (χ1n) is 9.45. The molecule has 0 bridgehead atoms. The van der Waals surface area contributed by atoms with Crippen LogP contribution in [-0.4, -0.2) is 33.6 Å². The van der Waals surface area contributed by atoms with Gasteiger partial charge in [0.05, 0.1) is 10.6 Å². The summed E-state index contributed by atoms with van der Waals surface area (Å²) < 4.78 is 28.8. The molecule has 0 radical (unpaired) electrons. The van der Waals surface area contributed by atoms with Crippen molar-refractivity contribution >= 4 is 50.8 Å². The largest absolute Gasteiger partial charge is 0.343 e. The number of amides is 2. The van der Waals surface area contributed by atoms with Gasteiger partial charge in [0.1, 0.15) is 11.2 Å². The topological polar surface area (TPSA) is 80.2 Å². The number of carbonyl (C=O) groups is 3. The highest BCUT2D eigenvalue weighted by Gasteiger charge is 2.57. The zero-order valence-corrected chi connectivity index (χ0v) is 19.7. The maximum Gasteiger partial charge on any atom is 0.293 e. The number of aromatic nitrogens is 1. The summed E-state index contributed by atoms with van der Waals surface area (Å²) >= 11 is 9.33. The van der Waals surface area contributed by atoms with Gasteiger partial charge in [0.2, 0.25) is 0 Å². The zero-order valence-electron chi connectivity index (χ0n) is 17.4. The Labute approximate surface area is 196 Å². The number of carbonyl (C=O) groups excluding carboxylic acids is 3. The van der Waals surface area contributed by atoms with Crippen molar-refractivity contribution < 1.29 is 23.2 Å². The summed E-state index contributed by atoms with van der Waals surface area (Å²) in [4.78, 5) is 38.3. The molecule has 32 heavy (non-hydrogen) atoms. The number of anilines is 1. The van der Waals surface area contributed by atoms with Crippen LogP contribution in [0.1, 0.15) is 44.9 Å². The third-order valence-corrected chi connectivity index (χ3v) is 6.74. The molecule has 1 aliphatic carbocycles. The van der Waals surface area contributed by atoms with Crippen molar-refractivity contribution in [3.05, 3.63) is 50.2 Å². The van der Waals surface area contributed by atoms with Crippen LogP contribution in [0.5, 0.6) is 0 Å². The van der Waals surface area contributed by atoms with Crippen LogP contribution < -0.4 is 10.6 Å². The fourth-order valence-corrected chi connectivity index (χ4v) is 4.27. The van der Waals surface area contributed by atoms with Gasteiger partial charge in [-0.05, 0) is 53.5 Å². The highest BCUT2D eigenvalue weighted by molar-refractivity contribution is 9.10. The van der Waals surface area contributed by atoms with Crippen LogP contribution in [0.15, 0.2) is 22.7 Å².